The molecule has 0 aromatic heterocycles. The molecule has 2 atom stereocenters. The van der Waals surface area contributed by atoms with Gasteiger partial charge in [-0.1, -0.05) is 19.3 Å². The van der Waals surface area contributed by atoms with Gasteiger partial charge in [0.15, 0.2) is 0 Å². The van der Waals surface area contributed by atoms with Crippen molar-refractivity contribution in [3.8, 4) is 0 Å². The van der Waals surface area contributed by atoms with Gasteiger partial charge in [0.1, 0.15) is 0 Å². The van der Waals surface area contributed by atoms with Gasteiger partial charge in [0.25, 0.3) is 0 Å². The highest BCUT2D eigenvalue weighted by Gasteiger charge is 2.34. The Bertz CT molecular complexity index is 211. The Morgan fingerprint density at radius 2 is 1.81 bits per heavy atom. The lowest BCUT2D eigenvalue weighted by molar-refractivity contribution is 0.000159. The highest BCUT2D eigenvalue weighted by molar-refractivity contribution is 4.91. The topological polar surface area (TPSA) is 32.5 Å². The Hall–Kier alpha value is -0.120. The van der Waals surface area contributed by atoms with Gasteiger partial charge in [0.2, 0.25) is 0 Å². The normalized spacial score (nSPS) is 35.4. The van der Waals surface area contributed by atoms with Gasteiger partial charge in [-0.05, 0) is 26.8 Å². The number of piperazine rings is 1. The van der Waals surface area contributed by atoms with Crippen LogP contribution in [0.2, 0.25) is 0 Å². The van der Waals surface area contributed by atoms with Gasteiger partial charge >= 0.3 is 0 Å². The zero-order valence-electron chi connectivity index (χ0n) is 10.9. The van der Waals surface area contributed by atoms with Crippen LogP contribution < -0.4 is 5.73 Å². The zero-order chi connectivity index (χ0) is 11.5. The molecule has 16 heavy (non-hydrogen) atoms. The maximum absolute atomic E-state index is 5.96. The van der Waals surface area contributed by atoms with Crippen molar-refractivity contribution in [1.29, 1.82) is 0 Å². The summed E-state index contributed by atoms with van der Waals surface area (Å²) in [6.45, 7) is 5.53. The van der Waals surface area contributed by atoms with Gasteiger partial charge in [-0.2, -0.15) is 0 Å². The Morgan fingerprint density at radius 1 is 1.12 bits per heavy atom. The quantitative estimate of drug-likeness (QED) is 0.768. The molecule has 3 heteroatoms. The molecule has 0 aromatic rings. The molecular weight excluding hydrogens is 198 g/mol. The summed E-state index contributed by atoms with van der Waals surface area (Å²) in [6, 6.07) is 2.07. The summed E-state index contributed by atoms with van der Waals surface area (Å²) < 4.78 is 0. The second kappa shape index (κ2) is 5.48. The van der Waals surface area contributed by atoms with Crippen molar-refractivity contribution < 1.29 is 0 Å². The fraction of sp³-hybridized carbons (Fsp3) is 1.00. The van der Waals surface area contributed by atoms with Crippen LogP contribution in [0.1, 0.15) is 39.0 Å². The lowest BCUT2D eigenvalue weighted by Crippen LogP contribution is -2.62. The third kappa shape index (κ3) is 2.58. The predicted octanol–water partition coefficient (Wildman–Crippen LogP) is 1.28. The summed E-state index contributed by atoms with van der Waals surface area (Å²) in [7, 11) is 2.22. The maximum Gasteiger partial charge on any atom is 0.0351 e. The largest absolute Gasteiger partial charge is 0.329 e. The van der Waals surface area contributed by atoms with Gasteiger partial charge in [0.05, 0.1) is 0 Å². The van der Waals surface area contributed by atoms with E-state index in [2.05, 4.69) is 23.8 Å². The van der Waals surface area contributed by atoms with Crippen molar-refractivity contribution in [3.63, 3.8) is 0 Å². The van der Waals surface area contributed by atoms with Crippen LogP contribution in [0.25, 0.3) is 0 Å². The average molecular weight is 225 g/mol. The van der Waals surface area contributed by atoms with Crippen LogP contribution in [0.15, 0.2) is 0 Å². The van der Waals surface area contributed by atoms with Gasteiger partial charge in [-0.25, -0.2) is 0 Å². The summed E-state index contributed by atoms with van der Waals surface area (Å²) >= 11 is 0. The lowest BCUT2D eigenvalue weighted by Gasteiger charge is -2.49. The number of nitrogens with zero attached hydrogens (tertiary/aromatic N) is 2. The first kappa shape index (κ1) is 12.3. The first-order chi connectivity index (χ1) is 7.72. The first-order valence-corrected chi connectivity index (χ1v) is 6.88. The molecule has 0 spiro atoms. The Kier molecular flexibility index (Phi) is 4.22. The van der Waals surface area contributed by atoms with E-state index >= 15 is 0 Å². The summed E-state index contributed by atoms with van der Waals surface area (Å²) in [4.78, 5) is 5.17. The minimum atomic E-state index is 0.580. The van der Waals surface area contributed by atoms with Crippen LogP contribution >= 0.6 is 0 Å². The molecule has 1 saturated carbocycles. The summed E-state index contributed by atoms with van der Waals surface area (Å²) in [6.07, 6.45) is 7.06. The highest BCUT2D eigenvalue weighted by atomic mass is 15.3. The number of hydrogen-bond donors (Lipinski definition) is 1. The van der Waals surface area contributed by atoms with Crippen LogP contribution in [0.4, 0.5) is 0 Å². The predicted molar refractivity (Wildman–Crippen MR) is 68.5 cm³/mol. The van der Waals surface area contributed by atoms with E-state index in [-0.39, 0.29) is 0 Å². The summed E-state index contributed by atoms with van der Waals surface area (Å²) in [5.74, 6) is 0. The number of hydrogen-bond acceptors (Lipinski definition) is 3. The van der Waals surface area contributed by atoms with Crippen LogP contribution in [-0.4, -0.2) is 54.6 Å². The van der Waals surface area contributed by atoms with Crippen molar-refractivity contribution in [2.75, 3.05) is 26.7 Å². The highest BCUT2D eigenvalue weighted by Crippen LogP contribution is 2.28. The smallest absolute Gasteiger partial charge is 0.0351 e. The average Bonchev–Trinajstić information content (AvgIpc) is 2.29. The molecule has 1 aliphatic heterocycles. The second-order valence-electron chi connectivity index (χ2n) is 5.70. The summed E-state index contributed by atoms with van der Waals surface area (Å²) in [5.41, 5.74) is 5.96. The molecule has 0 amide bonds. The standard InChI is InChI=1S/C13H27N3/c1-11-9-15(2)10-13(8-14)16(11)12-6-4-3-5-7-12/h11-13H,3-10,14H2,1-2H3. The van der Waals surface area contributed by atoms with Crippen LogP contribution in [0.5, 0.6) is 0 Å². The molecule has 2 unspecified atom stereocenters. The molecule has 2 fully saturated rings. The van der Waals surface area contributed by atoms with Crippen LogP contribution in [-0.2, 0) is 0 Å². The van der Waals surface area contributed by atoms with E-state index in [9.17, 15) is 0 Å². The van der Waals surface area contributed by atoms with E-state index in [4.69, 9.17) is 5.73 Å². The van der Waals surface area contributed by atoms with Crippen molar-refractivity contribution >= 4 is 0 Å². The molecule has 0 radical (unpaired) electrons. The van der Waals surface area contributed by atoms with Crippen LogP contribution in [0.3, 0.4) is 0 Å². The molecule has 3 nitrogen and oxygen atoms in total. The molecule has 2 rings (SSSR count). The SMILES string of the molecule is CC1CN(C)CC(CN)N1C1CCCCC1. The van der Waals surface area contributed by atoms with Gasteiger partial charge in [0, 0.05) is 37.8 Å². The fourth-order valence-electron chi connectivity index (χ4n) is 3.67. The number of likely N-dealkylation sites (N-methyl/N-ethyl adjacent to an activating group) is 1. The number of rotatable bonds is 2. The van der Waals surface area contributed by atoms with E-state index in [1.807, 2.05) is 0 Å². The first-order valence-electron chi connectivity index (χ1n) is 6.88. The minimum absolute atomic E-state index is 0.580. The van der Waals surface area contributed by atoms with Crippen molar-refractivity contribution in [3.05, 3.63) is 0 Å². The lowest BCUT2D eigenvalue weighted by atomic mass is 9.91. The molecule has 1 saturated heterocycles. The molecule has 2 aliphatic rings. The van der Waals surface area contributed by atoms with Gasteiger partial charge < -0.3 is 10.6 Å². The number of nitrogens with two attached hydrogens (primary N) is 1. The van der Waals surface area contributed by atoms with Crippen LogP contribution in [0, 0.1) is 0 Å². The van der Waals surface area contributed by atoms with E-state index in [1.165, 1.54) is 38.6 Å². The van der Waals surface area contributed by atoms with E-state index in [0.717, 1.165) is 19.1 Å². The molecule has 0 bridgehead atoms. The zero-order valence-corrected chi connectivity index (χ0v) is 10.9. The molecular formula is C13H27N3. The van der Waals surface area contributed by atoms with Gasteiger partial charge in [-0.3, -0.25) is 4.90 Å². The Morgan fingerprint density at radius 3 is 2.44 bits per heavy atom. The molecule has 94 valence electrons. The minimum Gasteiger partial charge on any atom is -0.329 e. The van der Waals surface area contributed by atoms with E-state index in [0.29, 0.717) is 12.1 Å². The van der Waals surface area contributed by atoms with E-state index in [1.54, 1.807) is 0 Å². The third-order valence-corrected chi connectivity index (χ3v) is 4.30. The summed E-state index contributed by atoms with van der Waals surface area (Å²) in [5, 5.41) is 0. The maximum atomic E-state index is 5.96. The molecule has 0 aromatic carbocycles. The monoisotopic (exact) mass is 225 g/mol. The Balaban J connectivity index is 2.03. The van der Waals surface area contributed by atoms with Crippen molar-refractivity contribution in [2.45, 2.75) is 57.2 Å². The van der Waals surface area contributed by atoms with Gasteiger partial charge in [-0.15, -0.1) is 0 Å². The van der Waals surface area contributed by atoms with E-state index < -0.39 is 0 Å². The molecule has 2 N–H and O–H groups in total. The molecule has 1 aliphatic carbocycles. The van der Waals surface area contributed by atoms with Crippen molar-refractivity contribution in [2.24, 2.45) is 5.73 Å². The second-order valence-corrected chi connectivity index (χ2v) is 5.70. The molecule has 1 heterocycles. The fourth-order valence-corrected chi connectivity index (χ4v) is 3.67. The third-order valence-electron chi connectivity index (χ3n) is 4.30. The van der Waals surface area contributed by atoms with Crippen molar-refractivity contribution in [1.82, 2.24) is 9.80 Å². The Labute approximate surface area is 100.0 Å².